The SMILES string of the molecule is CCC(C)(C[C@H]1O[C@@H](c2cn3ccc(=O)[nH]c3nc2=O)[C@@H](O)C1O)OP(=O)(O)C(C)(O)CC. The Morgan fingerprint density at radius 3 is 2.52 bits per heavy atom. The number of aliphatic hydroxyl groups excluding tert-OH is 2. The molecule has 0 radical (unpaired) electrons. The van der Waals surface area contributed by atoms with Crippen molar-refractivity contribution in [3.05, 3.63) is 44.7 Å². The van der Waals surface area contributed by atoms with Gasteiger partial charge in [0.05, 0.1) is 17.3 Å². The first kappa shape index (κ1) is 25.7. The van der Waals surface area contributed by atoms with Crippen molar-refractivity contribution < 1.29 is 34.0 Å². The summed E-state index contributed by atoms with van der Waals surface area (Å²) in [5, 5.41) is 29.5. The Morgan fingerprint density at radius 2 is 1.91 bits per heavy atom. The molecule has 4 unspecified atom stereocenters. The predicted molar refractivity (Wildman–Crippen MR) is 117 cm³/mol. The summed E-state index contributed by atoms with van der Waals surface area (Å²) < 4.78 is 25.4. The van der Waals surface area contributed by atoms with Crippen molar-refractivity contribution in [2.75, 3.05) is 0 Å². The van der Waals surface area contributed by atoms with Crippen LogP contribution in [0.2, 0.25) is 0 Å². The molecule has 0 saturated carbocycles. The van der Waals surface area contributed by atoms with E-state index in [1.54, 1.807) is 20.8 Å². The normalized spacial score (nSPS) is 28.8. The lowest BCUT2D eigenvalue weighted by Crippen LogP contribution is -2.40. The van der Waals surface area contributed by atoms with E-state index in [2.05, 4.69) is 9.97 Å². The molecule has 1 fully saturated rings. The van der Waals surface area contributed by atoms with Gasteiger partial charge in [-0.1, -0.05) is 13.8 Å². The number of aromatic amines is 1. The number of fused-ring (bicyclic) bond motifs is 1. The topological polar surface area (TPSA) is 184 Å². The maximum Gasteiger partial charge on any atom is 0.359 e. The van der Waals surface area contributed by atoms with Gasteiger partial charge in [-0.25, -0.2) is 0 Å². The minimum Gasteiger partial charge on any atom is -0.388 e. The van der Waals surface area contributed by atoms with Gasteiger partial charge in [0.25, 0.3) is 11.1 Å². The van der Waals surface area contributed by atoms with Gasteiger partial charge < -0.3 is 29.5 Å². The molecule has 1 aliphatic heterocycles. The molecule has 0 aliphatic carbocycles. The van der Waals surface area contributed by atoms with Crippen molar-refractivity contribution >= 4 is 13.4 Å². The first-order valence-electron chi connectivity index (χ1n) is 10.6. The largest absolute Gasteiger partial charge is 0.388 e. The number of H-pyrrole nitrogens is 1. The molecule has 1 aliphatic rings. The number of aliphatic hydroxyl groups is 3. The Hall–Kier alpha value is -1.92. The van der Waals surface area contributed by atoms with Gasteiger partial charge in [-0.15, -0.1) is 0 Å². The van der Waals surface area contributed by atoms with Crippen LogP contribution in [0.5, 0.6) is 0 Å². The van der Waals surface area contributed by atoms with Crippen LogP contribution in [-0.4, -0.2) is 63.8 Å². The second-order valence-corrected chi connectivity index (χ2v) is 11.0. The minimum absolute atomic E-state index is 0.00877. The van der Waals surface area contributed by atoms with Crippen LogP contribution in [0.25, 0.3) is 5.78 Å². The fourth-order valence-electron chi connectivity index (χ4n) is 3.63. The summed E-state index contributed by atoms with van der Waals surface area (Å²) in [7, 11) is -4.47. The maximum atomic E-state index is 12.7. The van der Waals surface area contributed by atoms with Crippen molar-refractivity contribution in [2.45, 2.75) is 82.3 Å². The molecule has 3 heterocycles. The highest BCUT2D eigenvalue weighted by atomic mass is 31.2. The molecule has 0 aromatic carbocycles. The average molecular weight is 487 g/mol. The van der Waals surface area contributed by atoms with Crippen molar-refractivity contribution in [2.24, 2.45) is 0 Å². The molecule has 1 saturated heterocycles. The zero-order valence-electron chi connectivity index (χ0n) is 18.8. The van der Waals surface area contributed by atoms with Gasteiger partial charge in [-0.05, 0) is 26.7 Å². The number of nitrogens with zero attached hydrogens (tertiary/aromatic N) is 2. The second-order valence-electron chi connectivity index (χ2n) is 8.80. The molecule has 33 heavy (non-hydrogen) atoms. The van der Waals surface area contributed by atoms with Crippen LogP contribution in [0.4, 0.5) is 0 Å². The number of hydrogen-bond acceptors (Lipinski definition) is 9. The average Bonchev–Trinajstić information content (AvgIpc) is 3.00. The molecule has 0 bridgehead atoms. The molecule has 0 spiro atoms. The molecule has 2 aromatic rings. The number of rotatable bonds is 8. The van der Waals surface area contributed by atoms with E-state index in [1.807, 2.05) is 0 Å². The third kappa shape index (κ3) is 4.97. The predicted octanol–water partition coefficient (Wildman–Crippen LogP) is 0.424. The van der Waals surface area contributed by atoms with Crippen LogP contribution in [-0.2, 0) is 13.8 Å². The first-order valence-corrected chi connectivity index (χ1v) is 12.2. The third-order valence-corrected chi connectivity index (χ3v) is 8.49. The lowest BCUT2D eigenvalue weighted by molar-refractivity contribution is -0.0533. The Labute approximate surface area is 189 Å². The molecule has 2 aromatic heterocycles. The van der Waals surface area contributed by atoms with Crippen LogP contribution >= 0.6 is 7.60 Å². The summed E-state index contributed by atoms with van der Waals surface area (Å²) in [4.78, 5) is 40.5. The summed E-state index contributed by atoms with van der Waals surface area (Å²) in [5.74, 6) is 0.00877. The minimum atomic E-state index is -4.47. The molecule has 13 heteroatoms. The first-order chi connectivity index (χ1) is 15.2. The zero-order valence-corrected chi connectivity index (χ0v) is 19.7. The Kier molecular flexibility index (Phi) is 7.03. The molecule has 0 amide bonds. The lowest BCUT2D eigenvalue weighted by atomic mass is 9.92. The highest BCUT2D eigenvalue weighted by molar-refractivity contribution is 7.54. The summed E-state index contributed by atoms with van der Waals surface area (Å²) in [6.07, 6.45) is -2.33. The van der Waals surface area contributed by atoms with Gasteiger partial charge in [0, 0.05) is 24.9 Å². The molecule has 184 valence electrons. The summed E-state index contributed by atoms with van der Waals surface area (Å²) in [5.41, 5.74) is -2.51. The molecular weight excluding hydrogens is 457 g/mol. The van der Waals surface area contributed by atoms with E-state index in [4.69, 9.17) is 9.26 Å². The zero-order chi connectivity index (χ0) is 24.8. The molecular formula is C20H30N3O9P. The highest BCUT2D eigenvalue weighted by Gasteiger charge is 2.50. The number of nitrogens with one attached hydrogen (secondary N) is 1. The van der Waals surface area contributed by atoms with Crippen LogP contribution in [0.1, 0.15) is 58.6 Å². The quantitative estimate of drug-likeness (QED) is 0.327. The van der Waals surface area contributed by atoms with Gasteiger partial charge in [0.2, 0.25) is 5.78 Å². The number of ether oxygens (including phenoxy) is 1. The Bertz CT molecular complexity index is 1180. The molecule has 5 N–H and O–H groups in total. The second kappa shape index (κ2) is 9.03. The Morgan fingerprint density at radius 1 is 1.24 bits per heavy atom. The van der Waals surface area contributed by atoms with Crippen LogP contribution in [0, 0.1) is 0 Å². The van der Waals surface area contributed by atoms with Crippen LogP contribution in [0.3, 0.4) is 0 Å². The molecule has 3 rings (SSSR count). The van der Waals surface area contributed by atoms with Crippen molar-refractivity contribution in [1.29, 1.82) is 0 Å². The van der Waals surface area contributed by atoms with Gasteiger partial charge in [-0.2, -0.15) is 4.98 Å². The third-order valence-electron chi connectivity index (χ3n) is 6.27. The van der Waals surface area contributed by atoms with E-state index >= 15 is 0 Å². The van der Waals surface area contributed by atoms with Crippen molar-refractivity contribution in [3.8, 4) is 0 Å². The molecule has 7 atom stereocenters. The van der Waals surface area contributed by atoms with Gasteiger partial charge in [-0.3, -0.25) is 23.5 Å². The fraction of sp³-hybridized carbons (Fsp3) is 0.650. The fourth-order valence-corrected chi connectivity index (χ4v) is 5.03. The maximum absolute atomic E-state index is 12.7. The summed E-state index contributed by atoms with van der Waals surface area (Å²) in [6, 6.07) is 1.23. The van der Waals surface area contributed by atoms with Crippen molar-refractivity contribution in [3.63, 3.8) is 0 Å². The van der Waals surface area contributed by atoms with Gasteiger partial charge >= 0.3 is 7.60 Å². The lowest BCUT2D eigenvalue weighted by Gasteiger charge is -2.37. The van der Waals surface area contributed by atoms with E-state index < -0.39 is 54.1 Å². The number of aromatic nitrogens is 3. The van der Waals surface area contributed by atoms with E-state index in [0.717, 1.165) is 0 Å². The van der Waals surface area contributed by atoms with Gasteiger partial charge in [0.1, 0.15) is 18.3 Å². The smallest absolute Gasteiger partial charge is 0.359 e. The van der Waals surface area contributed by atoms with E-state index in [-0.39, 0.29) is 30.6 Å². The monoisotopic (exact) mass is 487 g/mol. The van der Waals surface area contributed by atoms with Crippen LogP contribution < -0.4 is 11.1 Å². The summed E-state index contributed by atoms with van der Waals surface area (Å²) >= 11 is 0. The van der Waals surface area contributed by atoms with Gasteiger partial charge in [0.15, 0.2) is 5.34 Å². The van der Waals surface area contributed by atoms with Crippen LogP contribution in [0.15, 0.2) is 28.0 Å². The molecule has 12 nitrogen and oxygen atoms in total. The Balaban J connectivity index is 1.87. The van der Waals surface area contributed by atoms with Crippen molar-refractivity contribution in [1.82, 2.24) is 14.4 Å². The van der Waals surface area contributed by atoms with E-state index in [1.165, 1.54) is 29.8 Å². The standard InChI is InChI=1S/C20H30N3O9P/c1-5-19(3,32-33(29,30)20(4,28)6-2)9-12-14(25)15(26)16(31-12)11-10-23-8-7-13(24)21-18(23)22-17(11)27/h7-8,10,12,14-16,25-26,28H,5-6,9H2,1-4H3,(H,29,30)(H,21,22,24,27)/t12-,14?,15+,16+,19?,20?/m1/s1. The highest BCUT2D eigenvalue weighted by Crippen LogP contribution is 2.59. The van der Waals surface area contributed by atoms with E-state index in [0.29, 0.717) is 0 Å². The number of hydrogen-bond donors (Lipinski definition) is 5. The van der Waals surface area contributed by atoms with E-state index in [9.17, 15) is 34.4 Å². The summed E-state index contributed by atoms with van der Waals surface area (Å²) in [6.45, 7) is 6.00.